The molecule has 0 aliphatic carbocycles. The Bertz CT molecular complexity index is 934. The molecular weight excluding hydrogens is 336 g/mol. The maximum atomic E-state index is 13.1. The van der Waals surface area contributed by atoms with Crippen LogP contribution in [0.25, 0.3) is 11.0 Å². The summed E-state index contributed by atoms with van der Waals surface area (Å²) in [6, 6.07) is 16.5. The number of aromatic nitrogens is 2. The van der Waals surface area contributed by atoms with Crippen molar-refractivity contribution in [3.05, 3.63) is 65.5 Å². The van der Waals surface area contributed by atoms with Gasteiger partial charge in [-0.3, -0.25) is 9.69 Å². The van der Waals surface area contributed by atoms with Gasteiger partial charge in [-0.15, -0.1) is 0 Å². The zero-order valence-electron chi connectivity index (χ0n) is 16.0. The fourth-order valence-electron chi connectivity index (χ4n) is 3.97. The van der Waals surface area contributed by atoms with Crippen LogP contribution in [0, 0.1) is 6.92 Å². The van der Waals surface area contributed by atoms with Crippen LogP contribution < -0.4 is 0 Å². The Morgan fingerprint density at radius 2 is 2.04 bits per heavy atom. The minimum atomic E-state index is -0.0404. The number of para-hydroxylation sites is 1. The summed E-state index contributed by atoms with van der Waals surface area (Å²) in [5, 5.41) is 0. The molecule has 5 nitrogen and oxygen atoms in total. The highest BCUT2D eigenvalue weighted by atomic mass is 16.2. The molecule has 5 heteroatoms. The number of aromatic amines is 1. The number of hydrogen-bond acceptors (Lipinski definition) is 3. The molecule has 1 aromatic heterocycles. The highest BCUT2D eigenvalue weighted by molar-refractivity contribution is 5.82. The predicted molar refractivity (Wildman–Crippen MR) is 107 cm³/mol. The van der Waals surface area contributed by atoms with Gasteiger partial charge >= 0.3 is 0 Å². The van der Waals surface area contributed by atoms with Crippen LogP contribution in [0.15, 0.2) is 48.5 Å². The second kappa shape index (κ2) is 7.53. The number of nitrogens with zero attached hydrogens (tertiary/aromatic N) is 3. The largest absolute Gasteiger partial charge is 0.340 e. The van der Waals surface area contributed by atoms with Gasteiger partial charge in [-0.25, -0.2) is 4.98 Å². The van der Waals surface area contributed by atoms with Gasteiger partial charge in [-0.2, -0.15) is 0 Å². The van der Waals surface area contributed by atoms with E-state index in [9.17, 15) is 4.79 Å². The topological polar surface area (TPSA) is 52.2 Å². The van der Waals surface area contributed by atoms with Gasteiger partial charge in [-0.1, -0.05) is 42.5 Å². The molecule has 27 heavy (non-hydrogen) atoms. The van der Waals surface area contributed by atoms with E-state index in [-0.39, 0.29) is 11.9 Å². The van der Waals surface area contributed by atoms with Crippen molar-refractivity contribution >= 4 is 16.9 Å². The van der Waals surface area contributed by atoms with Crippen molar-refractivity contribution < 1.29 is 4.79 Å². The fourth-order valence-corrected chi connectivity index (χ4v) is 3.97. The van der Waals surface area contributed by atoms with Gasteiger partial charge < -0.3 is 9.88 Å². The molecule has 0 spiro atoms. The van der Waals surface area contributed by atoms with E-state index in [1.807, 2.05) is 25.2 Å². The van der Waals surface area contributed by atoms with E-state index in [0.29, 0.717) is 6.54 Å². The molecule has 1 atom stereocenters. The van der Waals surface area contributed by atoms with Crippen molar-refractivity contribution in [3.63, 3.8) is 0 Å². The molecule has 2 heterocycles. The third-order valence-electron chi connectivity index (χ3n) is 5.40. The molecule has 1 fully saturated rings. The number of carbonyl (C=O) groups excluding carboxylic acids is 1. The Morgan fingerprint density at radius 3 is 2.81 bits per heavy atom. The molecule has 1 aliphatic heterocycles. The molecule has 1 aliphatic rings. The zero-order chi connectivity index (χ0) is 18.8. The zero-order valence-corrected chi connectivity index (χ0v) is 16.0. The monoisotopic (exact) mass is 362 g/mol. The second-order valence-electron chi connectivity index (χ2n) is 7.46. The maximum Gasteiger partial charge on any atom is 0.240 e. The van der Waals surface area contributed by atoms with E-state index in [4.69, 9.17) is 0 Å². The summed E-state index contributed by atoms with van der Waals surface area (Å²) in [6.07, 6.45) is 2.00. The van der Waals surface area contributed by atoms with E-state index in [2.05, 4.69) is 52.1 Å². The standard InChI is InChI=1S/C22H26N4O/c1-16-8-6-11-18-21(16)24-20(23-18)15-25(2)22(27)19-12-7-13-26(19)14-17-9-4-3-5-10-17/h3-6,8-11,19H,7,12-15H2,1-2H3,(H,23,24). The van der Waals surface area contributed by atoms with Gasteiger partial charge in [0.25, 0.3) is 0 Å². The molecule has 1 saturated heterocycles. The number of hydrogen-bond donors (Lipinski definition) is 1. The Kier molecular flexibility index (Phi) is 4.94. The molecule has 0 bridgehead atoms. The van der Waals surface area contributed by atoms with Crippen molar-refractivity contribution in [1.29, 1.82) is 0 Å². The van der Waals surface area contributed by atoms with Gasteiger partial charge in [0.2, 0.25) is 5.91 Å². The summed E-state index contributed by atoms with van der Waals surface area (Å²) in [4.78, 5) is 25.2. The average molecular weight is 362 g/mol. The first-order chi connectivity index (χ1) is 13.1. The van der Waals surface area contributed by atoms with Gasteiger partial charge in [-0.05, 0) is 43.5 Å². The van der Waals surface area contributed by atoms with Crippen LogP contribution in [0.3, 0.4) is 0 Å². The lowest BCUT2D eigenvalue weighted by Crippen LogP contribution is -2.43. The van der Waals surface area contributed by atoms with E-state index >= 15 is 0 Å². The van der Waals surface area contributed by atoms with Crippen molar-refractivity contribution in [2.24, 2.45) is 0 Å². The van der Waals surface area contributed by atoms with Gasteiger partial charge in [0.1, 0.15) is 5.82 Å². The Labute approximate surface area is 160 Å². The number of rotatable bonds is 5. The van der Waals surface area contributed by atoms with Gasteiger partial charge in [0.15, 0.2) is 0 Å². The van der Waals surface area contributed by atoms with E-state index in [1.54, 1.807) is 4.90 Å². The number of carbonyl (C=O) groups is 1. The number of amides is 1. The average Bonchev–Trinajstić information content (AvgIpc) is 3.29. The summed E-state index contributed by atoms with van der Waals surface area (Å²) in [7, 11) is 1.88. The number of aryl methyl sites for hydroxylation is 1. The van der Waals surface area contributed by atoms with Crippen molar-refractivity contribution in [3.8, 4) is 0 Å². The van der Waals surface area contributed by atoms with Crippen LogP contribution in [0.4, 0.5) is 0 Å². The molecule has 1 N–H and O–H groups in total. The molecule has 1 unspecified atom stereocenters. The molecule has 3 aromatic rings. The lowest BCUT2D eigenvalue weighted by Gasteiger charge is -2.27. The first-order valence-corrected chi connectivity index (χ1v) is 9.59. The third-order valence-corrected chi connectivity index (χ3v) is 5.40. The smallest absolute Gasteiger partial charge is 0.240 e. The number of fused-ring (bicyclic) bond motifs is 1. The number of benzene rings is 2. The van der Waals surface area contributed by atoms with Crippen molar-refractivity contribution in [2.75, 3.05) is 13.6 Å². The van der Waals surface area contributed by atoms with Crippen LogP contribution in [0.1, 0.15) is 29.8 Å². The summed E-state index contributed by atoms with van der Waals surface area (Å²) < 4.78 is 0. The van der Waals surface area contributed by atoms with E-state index in [0.717, 1.165) is 48.4 Å². The molecule has 4 rings (SSSR count). The number of H-pyrrole nitrogens is 1. The van der Waals surface area contributed by atoms with Crippen molar-refractivity contribution in [1.82, 2.24) is 19.8 Å². The molecule has 140 valence electrons. The Balaban J connectivity index is 1.45. The molecule has 1 amide bonds. The number of likely N-dealkylation sites (N-methyl/N-ethyl adjacent to an activating group) is 1. The minimum Gasteiger partial charge on any atom is -0.340 e. The summed E-state index contributed by atoms with van der Waals surface area (Å²) in [6.45, 7) is 4.36. The predicted octanol–water partition coefficient (Wildman–Crippen LogP) is 3.49. The first-order valence-electron chi connectivity index (χ1n) is 9.59. The molecule has 0 radical (unpaired) electrons. The number of imidazole rings is 1. The third kappa shape index (κ3) is 3.74. The molecular formula is C22H26N4O. The molecule has 2 aromatic carbocycles. The van der Waals surface area contributed by atoms with Crippen molar-refractivity contribution in [2.45, 2.75) is 38.9 Å². The number of nitrogens with one attached hydrogen (secondary N) is 1. The Hall–Kier alpha value is -2.66. The fraction of sp³-hybridized carbons (Fsp3) is 0.364. The summed E-state index contributed by atoms with van der Waals surface area (Å²) in [5.74, 6) is 1.02. The van der Waals surface area contributed by atoms with Gasteiger partial charge in [0, 0.05) is 13.6 Å². The second-order valence-corrected chi connectivity index (χ2v) is 7.46. The quantitative estimate of drug-likeness (QED) is 0.756. The highest BCUT2D eigenvalue weighted by Gasteiger charge is 2.32. The lowest BCUT2D eigenvalue weighted by molar-refractivity contribution is -0.135. The van der Waals surface area contributed by atoms with Crippen LogP contribution in [0.5, 0.6) is 0 Å². The van der Waals surface area contributed by atoms with Crippen LogP contribution >= 0.6 is 0 Å². The van der Waals surface area contributed by atoms with E-state index in [1.165, 1.54) is 5.56 Å². The Morgan fingerprint density at radius 1 is 1.22 bits per heavy atom. The van der Waals surface area contributed by atoms with Crippen LogP contribution in [0.2, 0.25) is 0 Å². The molecule has 0 saturated carbocycles. The van der Waals surface area contributed by atoms with E-state index < -0.39 is 0 Å². The van der Waals surface area contributed by atoms with Gasteiger partial charge in [0.05, 0.1) is 23.6 Å². The van der Waals surface area contributed by atoms with Crippen LogP contribution in [-0.2, 0) is 17.9 Å². The first kappa shape index (κ1) is 17.7. The lowest BCUT2D eigenvalue weighted by atomic mass is 10.1. The maximum absolute atomic E-state index is 13.1. The minimum absolute atomic E-state index is 0.0404. The number of likely N-dealkylation sites (tertiary alicyclic amines) is 1. The highest BCUT2D eigenvalue weighted by Crippen LogP contribution is 2.22. The summed E-state index contributed by atoms with van der Waals surface area (Å²) >= 11 is 0. The summed E-state index contributed by atoms with van der Waals surface area (Å²) in [5.41, 5.74) is 4.42. The van der Waals surface area contributed by atoms with Crippen LogP contribution in [-0.4, -0.2) is 45.3 Å². The SMILES string of the molecule is Cc1cccc2[nH]c(CN(C)C(=O)C3CCCN3Cc3ccccc3)nc12. The normalized spacial score (nSPS) is 17.5.